The highest BCUT2D eigenvalue weighted by Gasteiger charge is 2.40. The number of piperidine rings is 1. The predicted octanol–water partition coefficient (Wildman–Crippen LogP) is 4.76. The zero-order chi connectivity index (χ0) is 19.8. The minimum Gasteiger partial charge on any atom is -0.393 e. The zero-order valence-electron chi connectivity index (χ0n) is 18.6. The van der Waals surface area contributed by atoms with Gasteiger partial charge in [-0.1, -0.05) is 32.6 Å². The molecule has 0 aromatic heterocycles. The monoisotopic (exact) mass is 367 g/mol. The van der Waals surface area contributed by atoms with Crippen molar-refractivity contribution in [3.8, 4) is 0 Å². The fourth-order valence-electron chi connectivity index (χ4n) is 4.64. The van der Waals surface area contributed by atoms with Crippen molar-refractivity contribution in [1.82, 2.24) is 10.2 Å². The van der Waals surface area contributed by atoms with Crippen LogP contribution in [0.25, 0.3) is 0 Å². The second-order valence-corrected chi connectivity index (χ2v) is 9.56. The number of unbranched alkanes of at least 4 members (excludes halogenated alkanes) is 1. The van der Waals surface area contributed by atoms with E-state index in [2.05, 4.69) is 56.8 Å². The Bertz CT molecular complexity index is 409. The first-order valence-corrected chi connectivity index (χ1v) is 10.8. The Kier molecular flexibility index (Phi) is 9.60. The van der Waals surface area contributed by atoms with Crippen LogP contribution in [0.4, 0.5) is 0 Å². The highest BCUT2D eigenvalue weighted by molar-refractivity contribution is 5.79. The fourth-order valence-corrected chi connectivity index (χ4v) is 4.64. The predicted molar refractivity (Wildman–Crippen MR) is 114 cm³/mol. The van der Waals surface area contributed by atoms with Crippen LogP contribution in [0.5, 0.6) is 0 Å². The van der Waals surface area contributed by atoms with Gasteiger partial charge in [-0.05, 0) is 66.7 Å². The summed E-state index contributed by atoms with van der Waals surface area (Å²) in [7, 11) is 1.91. The van der Waals surface area contributed by atoms with E-state index in [-0.39, 0.29) is 17.2 Å². The summed E-state index contributed by atoms with van der Waals surface area (Å²) in [5.41, 5.74) is 0.399. The van der Waals surface area contributed by atoms with Gasteiger partial charge in [0, 0.05) is 30.7 Å². The molecule has 0 bridgehead atoms. The van der Waals surface area contributed by atoms with Crippen LogP contribution in [0.2, 0.25) is 0 Å². The first kappa shape index (κ1) is 23.4. The van der Waals surface area contributed by atoms with Crippen LogP contribution in [0.15, 0.2) is 4.99 Å². The minimum atomic E-state index is 0.0359. The molecule has 4 heteroatoms. The van der Waals surface area contributed by atoms with Gasteiger partial charge in [-0.2, -0.15) is 0 Å². The summed E-state index contributed by atoms with van der Waals surface area (Å²) in [6.07, 6.45) is 10.8. The third kappa shape index (κ3) is 8.39. The van der Waals surface area contributed by atoms with Crippen LogP contribution in [0.1, 0.15) is 99.3 Å². The van der Waals surface area contributed by atoms with Crippen LogP contribution in [-0.2, 0) is 0 Å². The summed E-state index contributed by atoms with van der Waals surface area (Å²) in [5.74, 6) is 1.19. The molecule has 2 N–H and O–H groups in total. The van der Waals surface area contributed by atoms with E-state index in [1.807, 2.05) is 7.05 Å². The van der Waals surface area contributed by atoms with E-state index in [0.717, 1.165) is 19.4 Å². The van der Waals surface area contributed by atoms with Gasteiger partial charge in [0.2, 0.25) is 0 Å². The standard InChI is InChI=1S/C16H33N3.C6H12O/c1-8-9-10-19(13(2)17-7)14-11-15(3,4)18-16(5,6)12-14;7-6-4-2-1-3-5-6/h14,18H,8-12H2,1-7H3;6-7H,1-5H2. The molecule has 0 spiro atoms. The largest absolute Gasteiger partial charge is 0.393 e. The molecule has 0 atom stereocenters. The SMILES string of the molecule is CCCCN(C(C)=NC)C1CC(C)(C)NC(C)(C)C1.OC1CCCCC1. The second kappa shape index (κ2) is 10.7. The maximum atomic E-state index is 8.91. The summed E-state index contributed by atoms with van der Waals surface area (Å²) >= 11 is 0. The Hall–Kier alpha value is -0.610. The molecule has 2 aliphatic rings. The van der Waals surface area contributed by atoms with E-state index >= 15 is 0 Å². The molecule has 0 amide bonds. The molecule has 0 radical (unpaired) electrons. The quantitative estimate of drug-likeness (QED) is 0.556. The average molecular weight is 368 g/mol. The van der Waals surface area contributed by atoms with Crippen LogP contribution in [0, 0.1) is 0 Å². The van der Waals surface area contributed by atoms with Gasteiger partial charge in [0.15, 0.2) is 0 Å². The van der Waals surface area contributed by atoms with Crippen molar-refractivity contribution in [3.63, 3.8) is 0 Å². The topological polar surface area (TPSA) is 47.9 Å². The van der Waals surface area contributed by atoms with Crippen molar-refractivity contribution >= 4 is 5.84 Å². The fraction of sp³-hybridized carbons (Fsp3) is 0.955. The maximum absolute atomic E-state index is 8.91. The lowest BCUT2D eigenvalue weighted by atomic mass is 9.79. The molecule has 1 saturated carbocycles. The van der Waals surface area contributed by atoms with E-state index in [1.54, 1.807) is 0 Å². The maximum Gasteiger partial charge on any atom is 0.0956 e. The number of amidine groups is 1. The second-order valence-electron chi connectivity index (χ2n) is 9.56. The van der Waals surface area contributed by atoms with Crippen molar-refractivity contribution < 1.29 is 5.11 Å². The smallest absolute Gasteiger partial charge is 0.0956 e. The molecule has 2 fully saturated rings. The highest BCUT2D eigenvalue weighted by atomic mass is 16.3. The van der Waals surface area contributed by atoms with E-state index in [0.29, 0.717) is 6.04 Å². The molecular formula is C22H45N3O. The molecule has 0 unspecified atom stereocenters. The van der Waals surface area contributed by atoms with Crippen LogP contribution in [-0.4, -0.2) is 52.7 Å². The molecule has 1 aliphatic carbocycles. The lowest BCUT2D eigenvalue weighted by molar-refractivity contribution is 0.102. The minimum absolute atomic E-state index is 0.0359. The number of aliphatic hydroxyl groups excluding tert-OH is 1. The van der Waals surface area contributed by atoms with Gasteiger partial charge in [0.05, 0.1) is 11.9 Å². The van der Waals surface area contributed by atoms with E-state index in [9.17, 15) is 0 Å². The van der Waals surface area contributed by atoms with Gasteiger partial charge < -0.3 is 15.3 Å². The molecule has 0 aromatic rings. The third-order valence-corrected chi connectivity index (χ3v) is 5.68. The van der Waals surface area contributed by atoms with Crippen LogP contribution in [0.3, 0.4) is 0 Å². The van der Waals surface area contributed by atoms with Gasteiger partial charge in [0.1, 0.15) is 0 Å². The first-order chi connectivity index (χ1) is 12.1. The van der Waals surface area contributed by atoms with Crippen LogP contribution < -0.4 is 5.32 Å². The average Bonchev–Trinajstić information content (AvgIpc) is 2.53. The van der Waals surface area contributed by atoms with E-state index in [1.165, 1.54) is 50.8 Å². The Morgan fingerprint density at radius 1 is 1.08 bits per heavy atom. The number of aliphatic imine (C=N–C) groups is 1. The zero-order valence-corrected chi connectivity index (χ0v) is 18.6. The molecule has 0 aromatic carbocycles. The lowest BCUT2D eigenvalue weighted by Gasteiger charge is -2.50. The Morgan fingerprint density at radius 2 is 1.62 bits per heavy atom. The number of nitrogens with zero attached hydrogens (tertiary/aromatic N) is 2. The highest BCUT2D eigenvalue weighted by Crippen LogP contribution is 2.32. The van der Waals surface area contributed by atoms with Crippen molar-refractivity contribution in [1.29, 1.82) is 0 Å². The normalized spacial score (nSPS) is 23.9. The van der Waals surface area contributed by atoms with Gasteiger partial charge >= 0.3 is 0 Å². The molecule has 154 valence electrons. The van der Waals surface area contributed by atoms with Crippen LogP contribution >= 0.6 is 0 Å². The van der Waals surface area contributed by atoms with E-state index in [4.69, 9.17) is 5.11 Å². The number of hydrogen-bond donors (Lipinski definition) is 2. The van der Waals surface area contributed by atoms with E-state index < -0.39 is 0 Å². The molecular weight excluding hydrogens is 322 g/mol. The Balaban J connectivity index is 0.000000401. The first-order valence-electron chi connectivity index (χ1n) is 10.8. The van der Waals surface area contributed by atoms with Gasteiger partial charge in [-0.3, -0.25) is 4.99 Å². The van der Waals surface area contributed by atoms with Crippen molar-refractivity contribution in [2.75, 3.05) is 13.6 Å². The Labute approximate surface area is 162 Å². The van der Waals surface area contributed by atoms with Crippen molar-refractivity contribution in [2.24, 2.45) is 4.99 Å². The molecule has 1 aliphatic heterocycles. The van der Waals surface area contributed by atoms with Gasteiger partial charge in [-0.25, -0.2) is 0 Å². The van der Waals surface area contributed by atoms with Gasteiger partial charge in [0.25, 0.3) is 0 Å². The number of aliphatic hydroxyl groups is 1. The molecule has 26 heavy (non-hydrogen) atoms. The molecule has 4 nitrogen and oxygen atoms in total. The third-order valence-electron chi connectivity index (χ3n) is 5.68. The number of nitrogens with one attached hydrogen (secondary N) is 1. The lowest BCUT2D eigenvalue weighted by Crippen LogP contribution is -2.62. The summed E-state index contributed by atoms with van der Waals surface area (Å²) in [4.78, 5) is 6.97. The van der Waals surface area contributed by atoms with Crippen molar-refractivity contribution in [3.05, 3.63) is 0 Å². The summed E-state index contributed by atoms with van der Waals surface area (Å²) in [6.45, 7) is 14.8. The number of rotatable bonds is 4. The van der Waals surface area contributed by atoms with Gasteiger partial charge in [-0.15, -0.1) is 0 Å². The summed E-state index contributed by atoms with van der Waals surface area (Å²) < 4.78 is 0. The van der Waals surface area contributed by atoms with Crippen molar-refractivity contribution in [2.45, 2.75) is 123 Å². The summed E-state index contributed by atoms with van der Waals surface area (Å²) in [5, 5.41) is 12.7. The Morgan fingerprint density at radius 3 is 2.00 bits per heavy atom. The molecule has 2 rings (SSSR count). The molecule has 1 saturated heterocycles. The summed E-state index contributed by atoms with van der Waals surface area (Å²) in [6, 6.07) is 0.599. The number of hydrogen-bond acceptors (Lipinski definition) is 3. The molecule has 1 heterocycles.